The van der Waals surface area contributed by atoms with E-state index in [9.17, 15) is 0 Å². The van der Waals surface area contributed by atoms with E-state index < -0.39 is 0 Å². The van der Waals surface area contributed by atoms with Crippen LogP contribution in [0.1, 0.15) is 64.1 Å². The molecule has 0 saturated carbocycles. The molecule has 0 atom stereocenters. The van der Waals surface area contributed by atoms with E-state index in [1.165, 1.54) is 0 Å². The molecule has 0 aromatic carbocycles. The zero-order valence-electron chi connectivity index (χ0n) is 18.1. The van der Waals surface area contributed by atoms with Gasteiger partial charge < -0.3 is 24.6 Å². The number of rotatable bonds is 12. The Bertz CT molecular complexity index is 562. The Morgan fingerprint density at radius 3 is 2.72 bits per heavy atom. The van der Waals surface area contributed by atoms with E-state index in [0.717, 1.165) is 89.9 Å². The minimum Gasteiger partial charge on any atom is -0.381 e. The Morgan fingerprint density at radius 1 is 1.24 bits per heavy atom. The summed E-state index contributed by atoms with van der Waals surface area (Å²) in [6.07, 6.45) is 4.84. The molecule has 2 rings (SSSR count). The lowest BCUT2D eigenvalue weighted by atomic mass is 10.0. The number of nitrogens with zero attached hydrogens (tertiary/aromatic N) is 3. The van der Waals surface area contributed by atoms with Gasteiger partial charge in [-0.1, -0.05) is 19.0 Å². The standard InChI is InChI=1S/C20H37N5O3.HI/c1-4-21-20(22-10-5-7-18-24-19(16(2)3)25-28-18)23-11-6-12-27-15-17-8-13-26-14-9-17;/h16-17H,4-15H2,1-3H3,(H2,21,22,23);1H. The molecule has 0 amide bonds. The molecule has 8 nitrogen and oxygen atoms in total. The van der Waals surface area contributed by atoms with Gasteiger partial charge in [-0.05, 0) is 38.5 Å². The van der Waals surface area contributed by atoms with Gasteiger partial charge in [0, 0.05) is 58.4 Å². The summed E-state index contributed by atoms with van der Waals surface area (Å²) in [4.78, 5) is 9.01. The first-order chi connectivity index (χ1) is 13.7. The summed E-state index contributed by atoms with van der Waals surface area (Å²) in [6.45, 7) is 12.0. The van der Waals surface area contributed by atoms with E-state index in [1.807, 2.05) is 0 Å². The smallest absolute Gasteiger partial charge is 0.226 e. The Hall–Kier alpha value is -0.940. The fourth-order valence-corrected chi connectivity index (χ4v) is 2.91. The molecule has 0 bridgehead atoms. The van der Waals surface area contributed by atoms with Gasteiger partial charge >= 0.3 is 0 Å². The third kappa shape index (κ3) is 11.1. The van der Waals surface area contributed by atoms with Crippen LogP contribution >= 0.6 is 24.0 Å². The van der Waals surface area contributed by atoms with Crippen molar-refractivity contribution in [2.45, 2.75) is 58.8 Å². The summed E-state index contributed by atoms with van der Waals surface area (Å²) < 4.78 is 16.4. The minimum absolute atomic E-state index is 0. The number of ether oxygens (including phenoxy) is 2. The van der Waals surface area contributed by atoms with Gasteiger partial charge in [0.1, 0.15) is 0 Å². The minimum atomic E-state index is 0. The van der Waals surface area contributed by atoms with Gasteiger partial charge in [-0.25, -0.2) is 0 Å². The van der Waals surface area contributed by atoms with E-state index >= 15 is 0 Å². The van der Waals surface area contributed by atoms with Gasteiger partial charge in [-0.3, -0.25) is 4.99 Å². The number of guanidine groups is 1. The van der Waals surface area contributed by atoms with Crippen LogP contribution < -0.4 is 10.6 Å². The fourth-order valence-electron chi connectivity index (χ4n) is 2.91. The molecule has 29 heavy (non-hydrogen) atoms. The van der Waals surface area contributed by atoms with E-state index in [-0.39, 0.29) is 24.0 Å². The molecule has 0 spiro atoms. The maximum Gasteiger partial charge on any atom is 0.226 e. The SMILES string of the molecule is CCNC(=NCCCc1nc(C(C)C)no1)NCCCOCC1CCOCC1.I. The van der Waals surface area contributed by atoms with Crippen LogP contribution in [0.25, 0.3) is 0 Å². The molecular formula is C20H38IN5O3. The molecule has 168 valence electrons. The van der Waals surface area contributed by atoms with Crippen LogP contribution in [-0.4, -0.2) is 62.2 Å². The van der Waals surface area contributed by atoms with Crippen molar-refractivity contribution in [3.8, 4) is 0 Å². The molecule has 2 heterocycles. The second-order valence-electron chi connectivity index (χ2n) is 7.48. The monoisotopic (exact) mass is 523 g/mol. The molecule has 1 aliphatic rings. The van der Waals surface area contributed by atoms with Crippen molar-refractivity contribution < 1.29 is 14.0 Å². The van der Waals surface area contributed by atoms with Crippen LogP contribution in [0.5, 0.6) is 0 Å². The van der Waals surface area contributed by atoms with Crippen LogP contribution in [0.15, 0.2) is 9.52 Å². The maximum atomic E-state index is 5.80. The van der Waals surface area contributed by atoms with Crippen LogP contribution in [0.4, 0.5) is 0 Å². The second kappa shape index (κ2) is 15.8. The molecule has 2 N–H and O–H groups in total. The predicted molar refractivity (Wildman–Crippen MR) is 125 cm³/mol. The zero-order chi connectivity index (χ0) is 20.0. The van der Waals surface area contributed by atoms with Crippen molar-refractivity contribution in [1.29, 1.82) is 0 Å². The van der Waals surface area contributed by atoms with Gasteiger partial charge in [0.2, 0.25) is 5.89 Å². The van der Waals surface area contributed by atoms with Gasteiger partial charge in [-0.15, -0.1) is 24.0 Å². The molecule has 1 aromatic rings. The molecule has 0 aliphatic carbocycles. The van der Waals surface area contributed by atoms with Crippen molar-refractivity contribution in [2.24, 2.45) is 10.9 Å². The molecular weight excluding hydrogens is 485 g/mol. The van der Waals surface area contributed by atoms with Crippen LogP contribution in [0.2, 0.25) is 0 Å². The first-order valence-corrected chi connectivity index (χ1v) is 10.7. The molecule has 1 fully saturated rings. The number of aryl methyl sites for hydroxylation is 1. The number of aliphatic imine (C=N–C) groups is 1. The lowest BCUT2D eigenvalue weighted by Crippen LogP contribution is -2.38. The highest BCUT2D eigenvalue weighted by Crippen LogP contribution is 2.14. The largest absolute Gasteiger partial charge is 0.381 e. The van der Waals surface area contributed by atoms with Gasteiger partial charge in [0.15, 0.2) is 11.8 Å². The predicted octanol–water partition coefficient (Wildman–Crippen LogP) is 3.13. The molecule has 9 heteroatoms. The van der Waals surface area contributed by atoms with E-state index in [4.69, 9.17) is 14.0 Å². The maximum absolute atomic E-state index is 5.80. The third-order valence-corrected chi connectivity index (χ3v) is 4.62. The zero-order valence-corrected chi connectivity index (χ0v) is 20.4. The Morgan fingerprint density at radius 2 is 2.03 bits per heavy atom. The Balaban J connectivity index is 0.00000420. The first-order valence-electron chi connectivity index (χ1n) is 10.7. The van der Waals surface area contributed by atoms with Gasteiger partial charge in [0.05, 0.1) is 0 Å². The number of hydrogen-bond acceptors (Lipinski definition) is 6. The third-order valence-electron chi connectivity index (χ3n) is 4.62. The number of halogens is 1. The van der Waals surface area contributed by atoms with Crippen LogP contribution in [0.3, 0.4) is 0 Å². The van der Waals surface area contributed by atoms with Crippen molar-refractivity contribution in [2.75, 3.05) is 46.1 Å². The molecule has 0 unspecified atom stereocenters. The normalized spacial score (nSPS) is 15.4. The summed E-state index contributed by atoms with van der Waals surface area (Å²) in [6, 6.07) is 0. The Kier molecular flexibility index (Phi) is 14.3. The molecule has 1 aliphatic heterocycles. The summed E-state index contributed by atoms with van der Waals surface area (Å²) in [5.74, 6) is 3.27. The van der Waals surface area contributed by atoms with Gasteiger partial charge in [-0.2, -0.15) is 4.98 Å². The number of aromatic nitrogens is 2. The molecule has 1 saturated heterocycles. The summed E-state index contributed by atoms with van der Waals surface area (Å²) in [5, 5.41) is 10.6. The van der Waals surface area contributed by atoms with E-state index in [1.54, 1.807) is 0 Å². The average molecular weight is 523 g/mol. The summed E-state index contributed by atoms with van der Waals surface area (Å²) in [5.41, 5.74) is 0. The number of nitrogens with one attached hydrogen (secondary N) is 2. The molecule has 1 aromatic heterocycles. The lowest BCUT2D eigenvalue weighted by molar-refractivity contribution is 0.0203. The van der Waals surface area contributed by atoms with Crippen molar-refractivity contribution in [3.05, 3.63) is 11.7 Å². The summed E-state index contributed by atoms with van der Waals surface area (Å²) >= 11 is 0. The highest BCUT2D eigenvalue weighted by atomic mass is 127. The van der Waals surface area contributed by atoms with Crippen LogP contribution in [0, 0.1) is 5.92 Å². The second-order valence-corrected chi connectivity index (χ2v) is 7.48. The van der Waals surface area contributed by atoms with Gasteiger partial charge in [0.25, 0.3) is 0 Å². The topological polar surface area (TPSA) is 93.8 Å². The highest BCUT2D eigenvalue weighted by molar-refractivity contribution is 14.0. The van der Waals surface area contributed by atoms with Crippen molar-refractivity contribution in [3.63, 3.8) is 0 Å². The van der Waals surface area contributed by atoms with E-state index in [2.05, 4.69) is 46.5 Å². The average Bonchev–Trinajstić information content (AvgIpc) is 3.18. The van der Waals surface area contributed by atoms with Crippen molar-refractivity contribution >= 4 is 29.9 Å². The molecule has 0 radical (unpaired) electrons. The van der Waals surface area contributed by atoms with Crippen molar-refractivity contribution in [1.82, 2.24) is 20.8 Å². The lowest BCUT2D eigenvalue weighted by Gasteiger charge is -2.21. The first kappa shape index (κ1) is 26.1. The Labute approximate surface area is 192 Å². The number of hydrogen-bond donors (Lipinski definition) is 2. The van der Waals surface area contributed by atoms with E-state index in [0.29, 0.717) is 17.7 Å². The quantitative estimate of drug-likeness (QED) is 0.188. The summed E-state index contributed by atoms with van der Waals surface area (Å²) in [7, 11) is 0. The van der Waals surface area contributed by atoms with Crippen LogP contribution in [-0.2, 0) is 15.9 Å². The highest BCUT2D eigenvalue weighted by Gasteiger charge is 2.13. The fraction of sp³-hybridized carbons (Fsp3) is 0.850.